The van der Waals surface area contributed by atoms with Gasteiger partial charge in [-0.05, 0) is 59.2 Å². The Labute approximate surface area is 143 Å². The van der Waals surface area contributed by atoms with Gasteiger partial charge >= 0.3 is 0 Å². The standard InChI is InChI=1S/C14H13Br2NO3S/c1-3-7(2)17-13(19)11(21-14(17)20)5-8-4-9(15)6-10(16)12(8)18/h4-7,18H,3H2,1-2H3/b11-5+/t7-/m1/s1. The molecule has 1 aliphatic rings. The molecule has 112 valence electrons. The molecule has 0 bridgehead atoms. The highest BCUT2D eigenvalue weighted by molar-refractivity contribution is 9.11. The average Bonchev–Trinajstić information content (AvgIpc) is 2.69. The smallest absolute Gasteiger partial charge is 0.293 e. The van der Waals surface area contributed by atoms with Crippen LogP contribution in [0, 0.1) is 0 Å². The van der Waals surface area contributed by atoms with E-state index in [1.165, 1.54) is 11.0 Å². The lowest BCUT2D eigenvalue weighted by Gasteiger charge is -2.19. The Morgan fingerprint density at radius 2 is 2.05 bits per heavy atom. The second-order valence-corrected chi connectivity index (χ2v) is 7.40. The molecule has 21 heavy (non-hydrogen) atoms. The predicted octanol–water partition coefficient (Wildman–Crippen LogP) is 4.75. The number of phenols is 1. The molecule has 0 aliphatic carbocycles. The van der Waals surface area contributed by atoms with Crippen molar-refractivity contribution >= 4 is 60.8 Å². The third-order valence-electron chi connectivity index (χ3n) is 3.20. The summed E-state index contributed by atoms with van der Waals surface area (Å²) in [6.45, 7) is 3.77. The van der Waals surface area contributed by atoms with E-state index in [0.717, 1.165) is 16.2 Å². The van der Waals surface area contributed by atoms with Crippen LogP contribution in [0.25, 0.3) is 6.08 Å². The molecule has 0 spiro atoms. The lowest BCUT2D eigenvalue weighted by atomic mass is 10.1. The summed E-state index contributed by atoms with van der Waals surface area (Å²) in [7, 11) is 0. The third kappa shape index (κ3) is 3.35. The predicted molar refractivity (Wildman–Crippen MR) is 91.1 cm³/mol. The van der Waals surface area contributed by atoms with E-state index in [2.05, 4.69) is 31.9 Å². The summed E-state index contributed by atoms with van der Waals surface area (Å²) < 4.78 is 1.28. The maximum absolute atomic E-state index is 12.3. The van der Waals surface area contributed by atoms with Gasteiger partial charge in [-0.3, -0.25) is 14.5 Å². The summed E-state index contributed by atoms with van der Waals surface area (Å²) in [6.07, 6.45) is 2.25. The number of halogens is 2. The first kappa shape index (κ1) is 16.6. The summed E-state index contributed by atoms with van der Waals surface area (Å²) in [5, 5.41) is 9.76. The van der Waals surface area contributed by atoms with Crippen molar-refractivity contribution < 1.29 is 14.7 Å². The number of nitrogens with zero attached hydrogens (tertiary/aromatic N) is 1. The van der Waals surface area contributed by atoms with Crippen molar-refractivity contribution in [3.63, 3.8) is 0 Å². The lowest BCUT2D eigenvalue weighted by Crippen LogP contribution is -2.36. The Morgan fingerprint density at radius 3 is 2.67 bits per heavy atom. The first-order valence-corrected chi connectivity index (χ1v) is 8.70. The topological polar surface area (TPSA) is 57.6 Å². The highest BCUT2D eigenvalue weighted by atomic mass is 79.9. The number of carbonyl (C=O) groups is 2. The van der Waals surface area contributed by atoms with E-state index < -0.39 is 0 Å². The molecule has 1 aromatic carbocycles. The number of carbonyl (C=O) groups excluding carboxylic acids is 2. The molecule has 2 rings (SSSR count). The van der Waals surface area contributed by atoms with E-state index in [9.17, 15) is 14.7 Å². The van der Waals surface area contributed by atoms with Crippen molar-refractivity contribution in [2.75, 3.05) is 0 Å². The summed E-state index contributed by atoms with van der Waals surface area (Å²) in [6, 6.07) is 3.26. The van der Waals surface area contributed by atoms with E-state index in [4.69, 9.17) is 0 Å². The molecule has 0 unspecified atom stereocenters. The van der Waals surface area contributed by atoms with Crippen LogP contribution in [0.15, 0.2) is 26.0 Å². The Bertz CT molecular complexity index is 645. The van der Waals surface area contributed by atoms with Crippen LogP contribution in [-0.2, 0) is 4.79 Å². The van der Waals surface area contributed by atoms with Crippen LogP contribution in [0.5, 0.6) is 5.75 Å². The van der Waals surface area contributed by atoms with Crippen LogP contribution < -0.4 is 0 Å². The molecule has 1 aliphatic heterocycles. The van der Waals surface area contributed by atoms with E-state index in [0.29, 0.717) is 21.4 Å². The minimum absolute atomic E-state index is 0.0357. The number of thioether (sulfide) groups is 1. The van der Waals surface area contributed by atoms with Gasteiger partial charge in [0.15, 0.2) is 0 Å². The highest BCUT2D eigenvalue weighted by Gasteiger charge is 2.37. The van der Waals surface area contributed by atoms with Gasteiger partial charge in [-0.25, -0.2) is 0 Å². The largest absolute Gasteiger partial charge is 0.506 e. The van der Waals surface area contributed by atoms with Crippen LogP contribution in [-0.4, -0.2) is 27.2 Å². The molecule has 0 aromatic heterocycles. The maximum Gasteiger partial charge on any atom is 0.293 e. The molecule has 1 aromatic rings. The van der Waals surface area contributed by atoms with Gasteiger partial charge in [0.2, 0.25) is 0 Å². The zero-order valence-electron chi connectivity index (χ0n) is 11.4. The zero-order valence-corrected chi connectivity index (χ0v) is 15.4. The van der Waals surface area contributed by atoms with E-state index in [1.54, 1.807) is 12.1 Å². The monoisotopic (exact) mass is 433 g/mol. The van der Waals surface area contributed by atoms with Gasteiger partial charge in [-0.1, -0.05) is 22.9 Å². The van der Waals surface area contributed by atoms with Gasteiger partial charge in [0.25, 0.3) is 11.1 Å². The molecule has 2 amide bonds. The number of hydrogen-bond donors (Lipinski definition) is 1. The Morgan fingerprint density at radius 1 is 1.38 bits per heavy atom. The van der Waals surface area contributed by atoms with E-state index in [-0.39, 0.29) is 22.9 Å². The minimum atomic E-state index is -0.310. The van der Waals surface area contributed by atoms with Gasteiger partial charge in [-0.2, -0.15) is 0 Å². The van der Waals surface area contributed by atoms with Crippen molar-refractivity contribution in [2.24, 2.45) is 0 Å². The van der Waals surface area contributed by atoms with Gasteiger partial charge in [0, 0.05) is 16.1 Å². The minimum Gasteiger partial charge on any atom is -0.506 e. The van der Waals surface area contributed by atoms with Crippen molar-refractivity contribution in [3.05, 3.63) is 31.5 Å². The third-order valence-corrected chi connectivity index (χ3v) is 5.15. The van der Waals surface area contributed by atoms with Crippen LogP contribution in [0.1, 0.15) is 25.8 Å². The van der Waals surface area contributed by atoms with E-state index >= 15 is 0 Å². The van der Waals surface area contributed by atoms with Crippen molar-refractivity contribution in [3.8, 4) is 5.75 Å². The summed E-state index contributed by atoms with van der Waals surface area (Å²) in [5.41, 5.74) is 0.478. The van der Waals surface area contributed by atoms with Crippen molar-refractivity contribution in [2.45, 2.75) is 26.3 Å². The number of phenolic OH excluding ortho intramolecular Hbond substituents is 1. The SMILES string of the molecule is CC[C@@H](C)N1C(=O)S/C(=C/c2cc(Br)cc(Br)c2O)C1=O. The number of amides is 2. The van der Waals surface area contributed by atoms with Crippen LogP contribution >= 0.6 is 43.6 Å². The molecule has 7 heteroatoms. The molecule has 1 heterocycles. The van der Waals surface area contributed by atoms with Crippen LogP contribution in [0.4, 0.5) is 4.79 Å². The fourth-order valence-electron chi connectivity index (χ4n) is 1.88. The number of rotatable bonds is 3. The molecule has 1 fully saturated rings. The first-order chi connectivity index (χ1) is 9.85. The number of benzene rings is 1. The zero-order chi connectivity index (χ0) is 15.7. The van der Waals surface area contributed by atoms with Crippen molar-refractivity contribution in [1.29, 1.82) is 0 Å². The molecule has 1 N–H and O–H groups in total. The van der Waals surface area contributed by atoms with Gasteiger partial charge in [0.1, 0.15) is 5.75 Å². The normalized spacial score (nSPS) is 18.7. The maximum atomic E-state index is 12.3. The fraction of sp³-hybridized carbons (Fsp3) is 0.286. The second kappa shape index (κ2) is 6.54. The molecule has 0 saturated carbocycles. The van der Waals surface area contributed by atoms with Gasteiger partial charge in [-0.15, -0.1) is 0 Å². The second-order valence-electron chi connectivity index (χ2n) is 4.63. The van der Waals surface area contributed by atoms with Crippen molar-refractivity contribution in [1.82, 2.24) is 4.90 Å². The highest BCUT2D eigenvalue weighted by Crippen LogP contribution is 2.38. The van der Waals surface area contributed by atoms with Crippen LogP contribution in [0.2, 0.25) is 0 Å². The molecule has 1 atom stereocenters. The Balaban J connectivity index is 2.40. The quantitative estimate of drug-likeness (QED) is 0.697. The lowest BCUT2D eigenvalue weighted by molar-refractivity contribution is -0.124. The van der Waals surface area contributed by atoms with Crippen LogP contribution in [0.3, 0.4) is 0 Å². The average molecular weight is 435 g/mol. The molecule has 1 saturated heterocycles. The molecular formula is C14H13Br2NO3S. The first-order valence-electron chi connectivity index (χ1n) is 6.30. The molecule has 0 radical (unpaired) electrons. The Hall–Kier alpha value is -0.790. The summed E-state index contributed by atoms with van der Waals surface area (Å²) in [5.74, 6) is -0.275. The fourth-order valence-corrected chi connectivity index (χ4v) is 4.06. The number of imide groups is 1. The number of aromatic hydroxyl groups is 1. The Kier molecular flexibility index (Phi) is 5.16. The van der Waals surface area contributed by atoms with Gasteiger partial charge < -0.3 is 5.11 Å². The molecular weight excluding hydrogens is 422 g/mol. The summed E-state index contributed by atoms with van der Waals surface area (Å²) >= 11 is 7.47. The van der Waals surface area contributed by atoms with E-state index in [1.807, 2.05) is 13.8 Å². The summed E-state index contributed by atoms with van der Waals surface area (Å²) in [4.78, 5) is 25.8. The number of hydrogen-bond acceptors (Lipinski definition) is 4. The van der Waals surface area contributed by atoms with Gasteiger partial charge in [0.05, 0.1) is 9.38 Å². The molecule has 4 nitrogen and oxygen atoms in total.